The number of rotatable bonds is 6. The molecule has 0 aromatic rings. The topological polar surface area (TPSA) is 32.3 Å². The number of carbonyl (C=O) groups is 1. The molecular weight excluding hydrogens is 236 g/mol. The second-order valence-electron chi connectivity index (χ2n) is 6.44. The van der Waals surface area contributed by atoms with Crippen LogP contribution in [-0.2, 0) is 4.79 Å². The molecule has 0 aromatic heterocycles. The largest absolute Gasteiger partial charge is 0.356 e. The molecule has 110 valence electrons. The summed E-state index contributed by atoms with van der Waals surface area (Å²) in [6.45, 7) is 5.58. The van der Waals surface area contributed by atoms with Crippen LogP contribution in [0, 0.1) is 5.92 Å². The van der Waals surface area contributed by atoms with E-state index in [4.69, 9.17) is 0 Å². The van der Waals surface area contributed by atoms with Gasteiger partial charge in [-0.25, -0.2) is 0 Å². The zero-order valence-electron chi connectivity index (χ0n) is 12.5. The third kappa shape index (κ3) is 5.13. The minimum absolute atomic E-state index is 0.276. The molecule has 1 aliphatic carbocycles. The van der Waals surface area contributed by atoms with E-state index in [2.05, 4.69) is 17.1 Å². The Kier molecular flexibility index (Phi) is 6.15. The van der Waals surface area contributed by atoms with Crippen LogP contribution in [0.5, 0.6) is 0 Å². The monoisotopic (exact) mass is 266 g/mol. The highest BCUT2D eigenvalue weighted by atomic mass is 16.1. The summed E-state index contributed by atoms with van der Waals surface area (Å²) < 4.78 is 0. The van der Waals surface area contributed by atoms with Crippen molar-refractivity contribution in [1.82, 2.24) is 10.2 Å². The minimum Gasteiger partial charge on any atom is -0.356 e. The van der Waals surface area contributed by atoms with Gasteiger partial charge in [0.25, 0.3) is 0 Å². The van der Waals surface area contributed by atoms with Crippen LogP contribution in [0.4, 0.5) is 0 Å². The van der Waals surface area contributed by atoms with Crippen LogP contribution in [0.3, 0.4) is 0 Å². The molecule has 2 fully saturated rings. The highest BCUT2D eigenvalue weighted by Crippen LogP contribution is 2.27. The molecule has 0 spiro atoms. The maximum absolute atomic E-state index is 11.8. The van der Waals surface area contributed by atoms with Crippen LogP contribution >= 0.6 is 0 Å². The summed E-state index contributed by atoms with van der Waals surface area (Å²) in [4.78, 5) is 14.4. The summed E-state index contributed by atoms with van der Waals surface area (Å²) in [5.41, 5.74) is 0. The maximum atomic E-state index is 11.8. The predicted molar refractivity (Wildman–Crippen MR) is 79.1 cm³/mol. The Morgan fingerprint density at radius 3 is 2.63 bits per heavy atom. The Bertz CT molecular complexity index is 274. The zero-order chi connectivity index (χ0) is 13.5. The lowest BCUT2D eigenvalue weighted by Gasteiger charge is -2.33. The molecule has 2 rings (SSSR count). The first-order valence-electron chi connectivity index (χ1n) is 8.26. The van der Waals surface area contributed by atoms with Gasteiger partial charge in [-0.15, -0.1) is 0 Å². The van der Waals surface area contributed by atoms with E-state index in [1.165, 1.54) is 51.5 Å². The molecule has 2 aliphatic rings. The van der Waals surface area contributed by atoms with E-state index >= 15 is 0 Å². The molecule has 1 saturated heterocycles. The summed E-state index contributed by atoms with van der Waals surface area (Å²) in [7, 11) is 0. The van der Waals surface area contributed by atoms with Crippen molar-refractivity contribution in [1.29, 1.82) is 0 Å². The number of hydrogen-bond acceptors (Lipinski definition) is 2. The number of likely N-dealkylation sites (tertiary alicyclic amines) is 1. The van der Waals surface area contributed by atoms with E-state index < -0.39 is 0 Å². The van der Waals surface area contributed by atoms with Gasteiger partial charge in [0.1, 0.15) is 0 Å². The number of amides is 1. The van der Waals surface area contributed by atoms with Gasteiger partial charge >= 0.3 is 0 Å². The first-order chi connectivity index (χ1) is 9.25. The lowest BCUT2D eigenvalue weighted by molar-refractivity contribution is -0.122. The number of hydrogen-bond donors (Lipinski definition) is 1. The van der Waals surface area contributed by atoms with Crippen LogP contribution < -0.4 is 5.32 Å². The minimum atomic E-state index is 0.276. The molecular formula is C16H30N2O. The SMILES string of the molecule is CC1CCCCN1CCCNC(=O)CC1CCCC1. The Balaban J connectivity index is 1.52. The molecule has 1 aliphatic heterocycles. The lowest BCUT2D eigenvalue weighted by atomic mass is 10.0. The van der Waals surface area contributed by atoms with Gasteiger partial charge < -0.3 is 10.2 Å². The average Bonchev–Trinajstić information content (AvgIpc) is 2.89. The van der Waals surface area contributed by atoms with Gasteiger partial charge in [-0.2, -0.15) is 0 Å². The number of nitrogens with one attached hydrogen (secondary N) is 1. The fourth-order valence-corrected chi connectivity index (χ4v) is 3.55. The van der Waals surface area contributed by atoms with E-state index in [1.54, 1.807) is 0 Å². The second-order valence-corrected chi connectivity index (χ2v) is 6.44. The van der Waals surface area contributed by atoms with Gasteiger partial charge in [0.2, 0.25) is 5.91 Å². The zero-order valence-corrected chi connectivity index (χ0v) is 12.5. The molecule has 19 heavy (non-hydrogen) atoms. The Hall–Kier alpha value is -0.570. The average molecular weight is 266 g/mol. The quantitative estimate of drug-likeness (QED) is 0.750. The van der Waals surface area contributed by atoms with Crippen LogP contribution in [-0.4, -0.2) is 36.5 Å². The Labute approximate surface area is 118 Å². The third-order valence-corrected chi connectivity index (χ3v) is 4.83. The summed E-state index contributed by atoms with van der Waals surface area (Å²) >= 11 is 0. The lowest BCUT2D eigenvalue weighted by Crippen LogP contribution is -2.39. The first kappa shape index (κ1) is 14.8. The normalized spacial score (nSPS) is 25.6. The van der Waals surface area contributed by atoms with Gasteiger partial charge in [-0.1, -0.05) is 19.3 Å². The van der Waals surface area contributed by atoms with Gasteiger partial charge in [0.15, 0.2) is 0 Å². The summed E-state index contributed by atoms with van der Waals surface area (Å²) in [6.07, 6.45) is 11.1. The molecule has 1 N–H and O–H groups in total. The number of piperidine rings is 1. The van der Waals surface area contributed by atoms with Crippen molar-refractivity contribution in [3.63, 3.8) is 0 Å². The molecule has 0 aromatic carbocycles. The van der Waals surface area contributed by atoms with Crippen molar-refractivity contribution in [2.45, 2.75) is 70.8 Å². The van der Waals surface area contributed by atoms with Crippen LogP contribution in [0.2, 0.25) is 0 Å². The standard InChI is InChI=1S/C16H30N2O/c1-14-7-4-5-11-18(14)12-6-10-17-16(19)13-15-8-2-3-9-15/h14-15H,2-13H2,1H3,(H,17,19). The molecule has 1 amide bonds. The van der Waals surface area contributed by atoms with Crippen molar-refractivity contribution in [2.24, 2.45) is 5.92 Å². The van der Waals surface area contributed by atoms with Crippen LogP contribution in [0.15, 0.2) is 0 Å². The van der Waals surface area contributed by atoms with Crippen molar-refractivity contribution in [3.05, 3.63) is 0 Å². The second kappa shape index (κ2) is 7.88. The van der Waals surface area contributed by atoms with E-state index in [1.807, 2.05) is 0 Å². The molecule has 1 saturated carbocycles. The fourth-order valence-electron chi connectivity index (χ4n) is 3.55. The molecule has 3 heteroatoms. The summed E-state index contributed by atoms with van der Waals surface area (Å²) in [5.74, 6) is 0.945. The summed E-state index contributed by atoms with van der Waals surface area (Å²) in [6, 6.07) is 0.739. The van der Waals surface area contributed by atoms with Crippen molar-refractivity contribution in [2.75, 3.05) is 19.6 Å². The number of carbonyl (C=O) groups excluding carboxylic acids is 1. The van der Waals surface area contributed by atoms with Crippen LogP contribution in [0.1, 0.15) is 64.7 Å². The van der Waals surface area contributed by atoms with Crippen molar-refractivity contribution >= 4 is 5.91 Å². The maximum Gasteiger partial charge on any atom is 0.220 e. The van der Waals surface area contributed by atoms with Gasteiger partial charge in [-0.3, -0.25) is 4.79 Å². The van der Waals surface area contributed by atoms with Gasteiger partial charge in [-0.05, 0) is 51.5 Å². The van der Waals surface area contributed by atoms with E-state index in [0.29, 0.717) is 5.92 Å². The number of nitrogens with zero attached hydrogens (tertiary/aromatic N) is 1. The van der Waals surface area contributed by atoms with Crippen molar-refractivity contribution < 1.29 is 4.79 Å². The van der Waals surface area contributed by atoms with Gasteiger partial charge in [0.05, 0.1) is 0 Å². The van der Waals surface area contributed by atoms with E-state index in [-0.39, 0.29) is 5.91 Å². The molecule has 0 radical (unpaired) electrons. The van der Waals surface area contributed by atoms with Gasteiger partial charge in [0, 0.05) is 25.6 Å². The molecule has 3 nitrogen and oxygen atoms in total. The Morgan fingerprint density at radius 1 is 1.16 bits per heavy atom. The van der Waals surface area contributed by atoms with E-state index in [9.17, 15) is 4.79 Å². The highest BCUT2D eigenvalue weighted by molar-refractivity contribution is 5.76. The molecule has 1 unspecified atom stereocenters. The molecule has 0 bridgehead atoms. The highest BCUT2D eigenvalue weighted by Gasteiger charge is 2.19. The smallest absolute Gasteiger partial charge is 0.220 e. The first-order valence-corrected chi connectivity index (χ1v) is 8.26. The molecule has 1 atom stereocenters. The molecule has 1 heterocycles. The predicted octanol–water partition coefficient (Wildman–Crippen LogP) is 2.95. The Morgan fingerprint density at radius 2 is 1.89 bits per heavy atom. The van der Waals surface area contributed by atoms with E-state index in [0.717, 1.165) is 32.0 Å². The van der Waals surface area contributed by atoms with Crippen LogP contribution in [0.25, 0.3) is 0 Å². The summed E-state index contributed by atoms with van der Waals surface area (Å²) in [5, 5.41) is 3.10. The van der Waals surface area contributed by atoms with Crippen molar-refractivity contribution in [3.8, 4) is 0 Å². The fraction of sp³-hybridized carbons (Fsp3) is 0.938. The third-order valence-electron chi connectivity index (χ3n) is 4.83.